The van der Waals surface area contributed by atoms with Crippen LogP contribution >= 0.6 is 0 Å². The van der Waals surface area contributed by atoms with Crippen LogP contribution in [0.25, 0.3) is 0 Å². The minimum atomic E-state index is -0.433. The zero-order chi connectivity index (χ0) is 13.6. The quantitative estimate of drug-likeness (QED) is 0.440. The minimum absolute atomic E-state index is 0.228. The highest BCUT2D eigenvalue weighted by Gasteiger charge is 2.05. The smallest absolute Gasteiger partial charge is 0.0897 e. The molecular weight excluding hydrogens is 230 g/mol. The molecule has 0 aliphatic rings. The monoisotopic (exact) mass is 261 g/mol. The third-order valence-corrected chi connectivity index (χ3v) is 2.95. The molecule has 0 aliphatic heterocycles. The Morgan fingerprint density at radius 3 is 2.61 bits per heavy atom. The first-order valence-corrected chi connectivity index (χ1v) is 7.28. The molecule has 2 atom stereocenters. The Balaban J connectivity index is 3.24. The first-order chi connectivity index (χ1) is 8.70. The standard InChI is InChI=1S/C14H31NO3/c1-3-4-5-6-9-18-12-14(17)11-15-10-13(2)7-8-16/h13-17H,3-12H2,1-2H3. The van der Waals surface area contributed by atoms with Gasteiger partial charge < -0.3 is 20.3 Å². The lowest BCUT2D eigenvalue weighted by atomic mass is 10.1. The molecule has 110 valence electrons. The Kier molecular flexibility index (Phi) is 13.2. The molecule has 0 aromatic carbocycles. The second-order valence-corrected chi connectivity index (χ2v) is 5.07. The molecule has 0 aromatic rings. The van der Waals surface area contributed by atoms with Gasteiger partial charge in [0.25, 0.3) is 0 Å². The summed E-state index contributed by atoms with van der Waals surface area (Å²) in [7, 11) is 0. The van der Waals surface area contributed by atoms with Gasteiger partial charge in [-0.1, -0.05) is 33.1 Å². The van der Waals surface area contributed by atoms with Crippen molar-refractivity contribution in [2.45, 2.75) is 52.1 Å². The topological polar surface area (TPSA) is 61.7 Å². The molecule has 3 N–H and O–H groups in total. The SMILES string of the molecule is CCCCCCOCC(O)CNCC(C)CCO. The molecule has 0 saturated carbocycles. The third kappa shape index (κ3) is 12.3. The number of rotatable bonds is 13. The summed E-state index contributed by atoms with van der Waals surface area (Å²) in [6.07, 6.45) is 5.16. The van der Waals surface area contributed by atoms with Gasteiger partial charge >= 0.3 is 0 Å². The van der Waals surface area contributed by atoms with Crippen LogP contribution in [0.2, 0.25) is 0 Å². The van der Waals surface area contributed by atoms with E-state index in [1.54, 1.807) is 0 Å². The highest BCUT2D eigenvalue weighted by molar-refractivity contribution is 4.61. The summed E-state index contributed by atoms with van der Waals surface area (Å²) in [6.45, 7) is 7.05. The first kappa shape index (κ1) is 17.8. The predicted octanol–water partition coefficient (Wildman–Crippen LogP) is 1.55. The highest BCUT2D eigenvalue weighted by Crippen LogP contribution is 2.00. The van der Waals surface area contributed by atoms with Crippen LogP contribution in [0.4, 0.5) is 0 Å². The van der Waals surface area contributed by atoms with E-state index < -0.39 is 6.10 Å². The number of nitrogens with one attached hydrogen (secondary N) is 1. The van der Waals surface area contributed by atoms with Crippen LogP contribution < -0.4 is 5.32 Å². The molecule has 0 fully saturated rings. The molecule has 0 heterocycles. The molecule has 0 saturated heterocycles. The number of hydrogen-bond donors (Lipinski definition) is 3. The molecule has 4 nitrogen and oxygen atoms in total. The van der Waals surface area contributed by atoms with Gasteiger partial charge in [0.1, 0.15) is 0 Å². The summed E-state index contributed by atoms with van der Waals surface area (Å²) in [5.74, 6) is 0.442. The van der Waals surface area contributed by atoms with Gasteiger partial charge in [0.2, 0.25) is 0 Å². The van der Waals surface area contributed by atoms with Crippen molar-refractivity contribution in [1.29, 1.82) is 0 Å². The van der Waals surface area contributed by atoms with Gasteiger partial charge in [-0.2, -0.15) is 0 Å². The summed E-state index contributed by atoms with van der Waals surface area (Å²) in [6, 6.07) is 0. The van der Waals surface area contributed by atoms with E-state index in [2.05, 4.69) is 19.2 Å². The Morgan fingerprint density at radius 1 is 1.17 bits per heavy atom. The van der Waals surface area contributed by atoms with E-state index in [0.29, 0.717) is 19.1 Å². The van der Waals surface area contributed by atoms with E-state index in [-0.39, 0.29) is 6.61 Å². The van der Waals surface area contributed by atoms with Crippen LogP contribution in [0.5, 0.6) is 0 Å². The molecule has 18 heavy (non-hydrogen) atoms. The van der Waals surface area contributed by atoms with Crippen LogP contribution in [-0.4, -0.2) is 49.2 Å². The van der Waals surface area contributed by atoms with Gasteiger partial charge in [-0.25, -0.2) is 0 Å². The van der Waals surface area contributed by atoms with Gasteiger partial charge in [0, 0.05) is 19.8 Å². The molecule has 2 unspecified atom stereocenters. The van der Waals surface area contributed by atoms with Crippen LogP contribution in [0.1, 0.15) is 46.0 Å². The van der Waals surface area contributed by atoms with Gasteiger partial charge in [0.05, 0.1) is 12.7 Å². The highest BCUT2D eigenvalue weighted by atomic mass is 16.5. The zero-order valence-corrected chi connectivity index (χ0v) is 12.0. The van der Waals surface area contributed by atoms with E-state index in [1.165, 1.54) is 19.3 Å². The molecule has 0 bridgehead atoms. The van der Waals surface area contributed by atoms with Crippen molar-refractivity contribution in [2.75, 3.05) is 32.9 Å². The van der Waals surface area contributed by atoms with Crippen molar-refractivity contribution in [1.82, 2.24) is 5.32 Å². The number of ether oxygens (including phenoxy) is 1. The zero-order valence-electron chi connectivity index (χ0n) is 12.0. The first-order valence-electron chi connectivity index (χ1n) is 7.28. The molecule has 0 spiro atoms. The van der Waals surface area contributed by atoms with Crippen LogP contribution in [0.3, 0.4) is 0 Å². The van der Waals surface area contributed by atoms with Crippen molar-refractivity contribution in [3.05, 3.63) is 0 Å². The fourth-order valence-corrected chi connectivity index (χ4v) is 1.73. The number of unbranched alkanes of at least 4 members (excludes halogenated alkanes) is 3. The lowest BCUT2D eigenvalue weighted by Crippen LogP contribution is -2.33. The summed E-state index contributed by atoms with van der Waals surface area (Å²) >= 11 is 0. The lowest BCUT2D eigenvalue weighted by molar-refractivity contribution is 0.0350. The van der Waals surface area contributed by atoms with Gasteiger partial charge in [-0.15, -0.1) is 0 Å². The Morgan fingerprint density at radius 2 is 1.94 bits per heavy atom. The van der Waals surface area contributed by atoms with Crippen molar-refractivity contribution < 1.29 is 14.9 Å². The molecule has 0 radical (unpaired) electrons. The van der Waals surface area contributed by atoms with Crippen LogP contribution in [0.15, 0.2) is 0 Å². The molecule has 0 amide bonds. The molecule has 4 heteroatoms. The average Bonchev–Trinajstić information content (AvgIpc) is 2.34. The van der Waals surface area contributed by atoms with E-state index in [9.17, 15) is 5.11 Å². The second-order valence-electron chi connectivity index (χ2n) is 5.07. The normalized spacial score (nSPS) is 14.7. The molecular formula is C14H31NO3. The summed E-state index contributed by atoms with van der Waals surface area (Å²) < 4.78 is 5.42. The van der Waals surface area contributed by atoms with Crippen LogP contribution in [0, 0.1) is 5.92 Å². The number of hydrogen-bond acceptors (Lipinski definition) is 4. The Labute approximate surface area is 112 Å². The molecule has 0 aromatic heterocycles. The maximum atomic E-state index is 9.66. The molecule has 0 aliphatic carbocycles. The summed E-state index contributed by atoms with van der Waals surface area (Å²) in [4.78, 5) is 0. The Hall–Kier alpha value is -0.160. The average molecular weight is 261 g/mol. The largest absolute Gasteiger partial charge is 0.396 e. The number of aliphatic hydroxyl groups is 2. The van der Waals surface area contributed by atoms with E-state index in [4.69, 9.17) is 9.84 Å². The third-order valence-electron chi connectivity index (χ3n) is 2.95. The van der Waals surface area contributed by atoms with Crippen LogP contribution in [-0.2, 0) is 4.74 Å². The maximum absolute atomic E-state index is 9.66. The van der Waals surface area contributed by atoms with Crippen molar-refractivity contribution >= 4 is 0 Å². The van der Waals surface area contributed by atoms with Crippen molar-refractivity contribution in [3.8, 4) is 0 Å². The van der Waals surface area contributed by atoms with Crippen molar-refractivity contribution in [2.24, 2.45) is 5.92 Å². The lowest BCUT2D eigenvalue weighted by Gasteiger charge is -2.15. The fourth-order valence-electron chi connectivity index (χ4n) is 1.73. The summed E-state index contributed by atoms with van der Waals surface area (Å²) in [5.41, 5.74) is 0. The Bertz CT molecular complexity index is 167. The van der Waals surface area contributed by atoms with E-state index >= 15 is 0 Å². The minimum Gasteiger partial charge on any atom is -0.396 e. The number of aliphatic hydroxyl groups excluding tert-OH is 2. The van der Waals surface area contributed by atoms with E-state index in [0.717, 1.165) is 26.0 Å². The summed E-state index contributed by atoms with van der Waals surface area (Å²) in [5, 5.41) is 21.6. The van der Waals surface area contributed by atoms with Gasteiger partial charge in [-0.05, 0) is 25.3 Å². The fraction of sp³-hybridized carbons (Fsp3) is 1.00. The maximum Gasteiger partial charge on any atom is 0.0897 e. The van der Waals surface area contributed by atoms with Gasteiger partial charge in [0.15, 0.2) is 0 Å². The van der Waals surface area contributed by atoms with E-state index in [1.807, 2.05) is 0 Å². The predicted molar refractivity (Wildman–Crippen MR) is 74.7 cm³/mol. The van der Waals surface area contributed by atoms with Gasteiger partial charge in [-0.3, -0.25) is 0 Å². The van der Waals surface area contributed by atoms with Crippen molar-refractivity contribution in [3.63, 3.8) is 0 Å². The molecule has 0 rings (SSSR count). The second kappa shape index (κ2) is 13.3.